The van der Waals surface area contributed by atoms with Crippen molar-refractivity contribution in [3.63, 3.8) is 0 Å². The maximum atomic E-state index is 2.29. The Labute approximate surface area is 128 Å². The summed E-state index contributed by atoms with van der Waals surface area (Å²) in [4.78, 5) is 0. The van der Waals surface area contributed by atoms with E-state index in [0.717, 1.165) is 0 Å². The lowest BCUT2D eigenvalue weighted by atomic mass is 10.1. The third kappa shape index (κ3) is 16.2. The second-order valence-corrected chi connectivity index (χ2v) is 5.79. The molecule has 0 aromatic heterocycles. The predicted octanol–water partition coefficient (Wildman–Crippen LogP) is 7.19. The predicted molar refractivity (Wildman–Crippen MR) is 93.4 cm³/mol. The molecule has 18 heavy (non-hydrogen) atoms. The van der Waals surface area contributed by atoms with E-state index in [2.05, 4.69) is 51.8 Å². The van der Waals surface area contributed by atoms with E-state index in [1.54, 1.807) is 0 Å². The lowest BCUT2D eigenvalue weighted by Crippen LogP contribution is -1.81. The number of hydrogen-bond acceptors (Lipinski definition) is 0. The molecule has 0 nitrogen and oxygen atoms in total. The molecule has 0 N–H and O–H groups in total. The molecule has 0 saturated heterocycles. The molecule has 0 aliphatic heterocycles. The van der Waals surface area contributed by atoms with Crippen molar-refractivity contribution in [1.82, 2.24) is 0 Å². The minimum Gasteiger partial charge on any atom is -0.0845 e. The minimum absolute atomic E-state index is 1.25. The fraction of sp³-hybridized carbons (Fsp3) is 0.765. The van der Waals surface area contributed by atoms with Gasteiger partial charge >= 0.3 is 0 Å². The van der Waals surface area contributed by atoms with Crippen molar-refractivity contribution in [1.29, 1.82) is 0 Å². The number of unbranched alkanes of at least 4 members (excludes halogenated alkanes) is 11. The topological polar surface area (TPSA) is 0 Å². The largest absolute Gasteiger partial charge is 0.0845 e. The van der Waals surface area contributed by atoms with E-state index in [9.17, 15) is 0 Å². The summed E-state index contributed by atoms with van der Waals surface area (Å²) >= 11 is 2.25. The van der Waals surface area contributed by atoms with Crippen LogP contribution in [-0.4, -0.2) is 0 Å². The summed E-state index contributed by atoms with van der Waals surface area (Å²) in [6, 6.07) is 0. The fourth-order valence-corrected chi connectivity index (χ4v) is 2.38. The lowest BCUT2D eigenvalue weighted by Gasteiger charge is -2.01. The Balaban J connectivity index is 2.98. The van der Waals surface area contributed by atoms with Gasteiger partial charge in [-0.1, -0.05) is 112 Å². The molecule has 0 fully saturated rings. The summed E-state index contributed by atoms with van der Waals surface area (Å²) in [5.41, 5.74) is 0. The zero-order valence-corrected chi connectivity index (χ0v) is 14.3. The summed E-state index contributed by atoms with van der Waals surface area (Å²) in [6.45, 7) is 2.29. The van der Waals surface area contributed by atoms with Crippen LogP contribution in [0.25, 0.3) is 0 Å². The monoisotopic (exact) mass is 362 g/mol. The molecule has 106 valence electrons. The van der Waals surface area contributed by atoms with Gasteiger partial charge in [0.05, 0.1) is 0 Å². The molecule has 0 amide bonds. The maximum Gasteiger partial charge on any atom is -0.0234 e. The first-order valence-corrected chi connectivity index (χ1v) is 9.08. The van der Waals surface area contributed by atoms with Crippen LogP contribution in [0.5, 0.6) is 0 Å². The quantitative estimate of drug-likeness (QED) is 0.185. The van der Waals surface area contributed by atoms with Crippen LogP contribution in [0.1, 0.15) is 84.0 Å². The van der Waals surface area contributed by atoms with Crippen LogP contribution in [0.15, 0.2) is 22.3 Å². The van der Waals surface area contributed by atoms with Gasteiger partial charge in [-0.2, -0.15) is 0 Å². The van der Waals surface area contributed by atoms with Gasteiger partial charge < -0.3 is 0 Å². The Morgan fingerprint density at radius 2 is 1.17 bits per heavy atom. The van der Waals surface area contributed by atoms with Crippen molar-refractivity contribution < 1.29 is 0 Å². The van der Waals surface area contributed by atoms with Crippen molar-refractivity contribution in [2.75, 3.05) is 0 Å². The van der Waals surface area contributed by atoms with Gasteiger partial charge in [0.1, 0.15) is 0 Å². The van der Waals surface area contributed by atoms with Crippen molar-refractivity contribution in [2.24, 2.45) is 0 Å². The van der Waals surface area contributed by atoms with Crippen LogP contribution in [0.2, 0.25) is 0 Å². The van der Waals surface area contributed by atoms with Crippen molar-refractivity contribution in [3.05, 3.63) is 22.3 Å². The molecule has 0 rings (SSSR count). The molecule has 0 radical (unpaired) electrons. The normalized spacial score (nSPS) is 11.9. The highest BCUT2D eigenvalue weighted by Crippen LogP contribution is 2.11. The van der Waals surface area contributed by atoms with Gasteiger partial charge in [0, 0.05) is 0 Å². The van der Waals surface area contributed by atoms with Crippen molar-refractivity contribution in [2.45, 2.75) is 84.0 Å². The van der Waals surface area contributed by atoms with Crippen LogP contribution in [0.3, 0.4) is 0 Å². The number of hydrogen-bond donors (Lipinski definition) is 0. The molecule has 0 aromatic rings. The Hall–Kier alpha value is 0.210. The van der Waals surface area contributed by atoms with E-state index in [-0.39, 0.29) is 0 Å². The van der Waals surface area contributed by atoms with E-state index in [1.807, 2.05) is 0 Å². The smallest absolute Gasteiger partial charge is 0.0234 e. The molecule has 0 heterocycles. The van der Waals surface area contributed by atoms with Gasteiger partial charge in [-0.3, -0.25) is 0 Å². The third-order valence-electron chi connectivity index (χ3n) is 3.29. The summed E-state index contributed by atoms with van der Waals surface area (Å²) in [6.07, 6.45) is 23.5. The number of rotatable bonds is 13. The molecular weight excluding hydrogens is 331 g/mol. The van der Waals surface area contributed by atoms with E-state index < -0.39 is 0 Å². The van der Waals surface area contributed by atoms with E-state index in [1.165, 1.54) is 77.0 Å². The van der Waals surface area contributed by atoms with E-state index >= 15 is 0 Å². The first kappa shape index (κ1) is 18.2. The Morgan fingerprint density at radius 1 is 0.667 bits per heavy atom. The van der Waals surface area contributed by atoms with Crippen LogP contribution in [0, 0.1) is 0 Å². The standard InChI is InChI=1S/C17H31I/c1-2-3-4-5-6-7-8-9-10-11-12-13-14-15-16-17-18/h14-17H,2-13H2,1H3/b15-14-,17-16-. The van der Waals surface area contributed by atoms with Gasteiger partial charge in [0.2, 0.25) is 0 Å². The van der Waals surface area contributed by atoms with Gasteiger partial charge in [-0.05, 0) is 16.9 Å². The summed E-state index contributed by atoms with van der Waals surface area (Å²) < 4.78 is 2.05. The second-order valence-electron chi connectivity index (χ2n) is 5.07. The highest BCUT2D eigenvalue weighted by atomic mass is 127. The van der Waals surface area contributed by atoms with Crippen molar-refractivity contribution in [3.8, 4) is 0 Å². The van der Waals surface area contributed by atoms with Gasteiger partial charge in [0.25, 0.3) is 0 Å². The van der Waals surface area contributed by atoms with Gasteiger partial charge in [-0.25, -0.2) is 0 Å². The molecule has 0 aliphatic carbocycles. The summed E-state index contributed by atoms with van der Waals surface area (Å²) in [7, 11) is 0. The summed E-state index contributed by atoms with van der Waals surface area (Å²) in [5.74, 6) is 0. The third-order valence-corrected chi connectivity index (χ3v) is 3.71. The molecule has 0 saturated carbocycles. The molecular formula is C17H31I. The molecule has 0 spiro atoms. The summed E-state index contributed by atoms with van der Waals surface area (Å²) in [5, 5.41) is 0. The fourth-order valence-electron chi connectivity index (χ4n) is 2.14. The lowest BCUT2D eigenvalue weighted by molar-refractivity contribution is 0.550. The Morgan fingerprint density at radius 3 is 1.67 bits per heavy atom. The Kier molecular flexibility index (Phi) is 17.4. The van der Waals surface area contributed by atoms with E-state index in [4.69, 9.17) is 0 Å². The van der Waals surface area contributed by atoms with Crippen molar-refractivity contribution >= 4 is 22.6 Å². The number of allylic oxidation sites excluding steroid dienone is 3. The molecule has 0 bridgehead atoms. The minimum atomic E-state index is 1.25. The average Bonchev–Trinajstić information content (AvgIpc) is 2.39. The molecule has 0 aliphatic rings. The van der Waals surface area contributed by atoms with Gasteiger partial charge in [0.15, 0.2) is 0 Å². The Bertz CT molecular complexity index is 194. The zero-order valence-electron chi connectivity index (χ0n) is 12.2. The van der Waals surface area contributed by atoms with Crippen LogP contribution >= 0.6 is 22.6 Å². The molecule has 0 atom stereocenters. The first-order chi connectivity index (χ1) is 8.91. The zero-order chi connectivity index (χ0) is 13.3. The average molecular weight is 362 g/mol. The van der Waals surface area contributed by atoms with Crippen LogP contribution in [0.4, 0.5) is 0 Å². The molecule has 0 unspecified atom stereocenters. The maximum absolute atomic E-state index is 2.29. The number of halogens is 1. The van der Waals surface area contributed by atoms with E-state index in [0.29, 0.717) is 0 Å². The second kappa shape index (κ2) is 17.2. The first-order valence-electron chi connectivity index (χ1n) is 7.83. The highest BCUT2D eigenvalue weighted by Gasteiger charge is 1.92. The van der Waals surface area contributed by atoms with Crippen LogP contribution < -0.4 is 0 Å². The molecule has 1 heteroatoms. The highest BCUT2D eigenvalue weighted by molar-refractivity contribution is 14.1. The molecule has 0 aromatic carbocycles. The van der Waals surface area contributed by atoms with Crippen LogP contribution in [-0.2, 0) is 0 Å². The SMILES string of the molecule is CCCCCCCCCCCCC/C=C\C=C/I. The van der Waals surface area contributed by atoms with Gasteiger partial charge in [-0.15, -0.1) is 0 Å².